The number of phenolic OH excluding ortho intramolecular Hbond substituents is 1. The number of methoxy groups -OCH3 is 2. The first kappa shape index (κ1) is 21.5. The van der Waals surface area contributed by atoms with Crippen LogP contribution in [0.15, 0.2) is 72.9 Å². The Kier molecular flexibility index (Phi) is 6.14. The maximum Gasteiger partial charge on any atom is 0.252 e. The second-order valence-electron chi connectivity index (χ2n) is 7.07. The number of fused-ring (bicyclic) bond motifs is 1. The second kappa shape index (κ2) is 9.16. The summed E-state index contributed by atoms with van der Waals surface area (Å²) in [4.78, 5) is 17.4. The molecule has 2 N–H and O–H groups in total. The Bertz CT molecular complexity index is 1270. The number of rotatable bonds is 6. The zero-order chi connectivity index (χ0) is 22.7. The van der Waals surface area contributed by atoms with E-state index in [1.54, 1.807) is 68.9 Å². The quantitative estimate of drug-likeness (QED) is 0.427. The molecule has 32 heavy (non-hydrogen) atoms. The van der Waals surface area contributed by atoms with Crippen LogP contribution < -0.4 is 14.8 Å². The van der Waals surface area contributed by atoms with Gasteiger partial charge in [0.1, 0.15) is 22.8 Å². The SMILES string of the molecule is COc1ccc(C(=O)N[C@H](c2ccccc2OC)c2cc(Cl)c3cccnc3c2O)cc1. The van der Waals surface area contributed by atoms with Crippen LogP contribution in [0.25, 0.3) is 10.9 Å². The van der Waals surface area contributed by atoms with Gasteiger partial charge in [-0.05, 0) is 48.5 Å². The number of nitrogens with zero attached hydrogens (tertiary/aromatic N) is 1. The molecule has 1 atom stereocenters. The van der Waals surface area contributed by atoms with Crippen LogP contribution in [0, 0.1) is 0 Å². The summed E-state index contributed by atoms with van der Waals surface area (Å²) in [6.45, 7) is 0. The number of phenols is 1. The third-order valence-electron chi connectivity index (χ3n) is 5.23. The van der Waals surface area contributed by atoms with Crippen LogP contribution >= 0.6 is 11.6 Å². The third-order valence-corrected chi connectivity index (χ3v) is 5.55. The van der Waals surface area contributed by atoms with E-state index in [0.717, 1.165) is 0 Å². The number of hydrogen-bond donors (Lipinski definition) is 2. The molecule has 0 fully saturated rings. The maximum atomic E-state index is 13.1. The molecule has 1 amide bonds. The highest BCUT2D eigenvalue weighted by molar-refractivity contribution is 6.35. The zero-order valence-corrected chi connectivity index (χ0v) is 18.3. The van der Waals surface area contributed by atoms with Gasteiger partial charge in [0.2, 0.25) is 0 Å². The number of aromatic hydroxyl groups is 1. The van der Waals surface area contributed by atoms with Gasteiger partial charge in [0.15, 0.2) is 0 Å². The monoisotopic (exact) mass is 448 g/mol. The molecular formula is C25H21ClN2O4. The molecule has 4 rings (SSSR count). The van der Waals surface area contributed by atoms with Crippen molar-refractivity contribution in [3.05, 3.63) is 94.6 Å². The highest BCUT2D eigenvalue weighted by Gasteiger charge is 2.26. The molecule has 0 unspecified atom stereocenters. The van der Waals surface area contributed by atoms with E-state index in [-0.39, 0.29) is 11.7 Å². The number of hydrogen-bond acceptors (Lipinski definition) is 5. The highest BCUT2D eigenvalue weighted by atomic mass is 35.5. The normalized spacial score (nSPS) is 11.7. The third kappa shape index (κ3) is 4.05. The van der Waals surface area contributed by atoms with Crippen molar-refractivity contribution in [3.8, 4) is 17.2 Å². The summed E-state index contributed by atoms with van der Waals surface area (Å²) in [5, 5.41) is 15.1. The van der Waals surface area contributed by atoms with Crippen LogP contribution in [0.2, 0.25) is 5.02 Å². The van der Waals surface area contributed by atoms with Gasteiger partial charge in [0.25, 0.3) is 5.91 Å². The molecule has 7 heteroatoms. The molecule has 0 aliphatic heterocycles. The van der Waals surface area contributed by atoms with Crippen molar-refractivity contribution in [1.82, 2.24) is 10.3 Å². The van der Waals surface area contributed by atoms with Crippen LogP contribution in [-0.4, -0.2) is 30.2 Å². The number of carbonyl (C=O) groups is 1. The molecule has 0 saturated heterocycles. The lowest BCUT2D eigenvalue weighted by atomic mass is 9.95. The number of para-hydroxylation sites is 1. The summed E-state index contributed by atoms with van der Waals surface area (Å²) in [6.07, 6.45) is 1.58. The zero-order valence-electron chi connectivity index (χ0n) is 17.5. The number of halogens is 1. The molecule has 0 aliphatic carbocycles. The lowest BCUT2D eigenvalue weighted by Gasteiger charge is -2.23. The second-order valence-corrected chi connectivity index (χ2v) is 7.48. The van der Waals surface area contributed by atoms with Crippen LogP contribution in [0.1, 0.15) is 27.5 Å². The molecule has 1 heterocycles. The van der Waals surface area contributed by atoms with Crippen molar-refractivity contribution in [2.45, 2.75) is 6.04 Å². The highest BCUT2D eigenvalue weighted by Crippen LogP contribution is 2.40. The fourth-order valence-corrected chi connectivity index (χ4v) is 3.88. The topological polar surface area (TPSA) is 80.7 Å². The van der Waals surface area contributed by atoms with Crippen LogP contribution in [-0.2, 0) is 0 Å². The smallest absolute Gasteiger partial charge is 0.252 e. The fourth-order valence-electron chi connectivity index (χ4n) is 3.61. The summed E-state index contributed by atoms with van der Waals surface area (Å²) < 4.78 is 10.7. The van der Waals surface area contributed by atoms with Gasteiger partial charge in [-0.3, -0.25) is 9.78 Å². The van der Waals surface area contributed by atoms with E-state index >= 15 is 0 Å². The van der Waals surface area contributed by atoms with E-state index in [1.165, 1.54) is 0 Å². The standard InChI is InChI=1S/C25H21ClN2O4/c1-31-16-11-9-15(10-12-16)25(30)28-22(18-6-3-4-8-21(18)32-2)19-14-20(26)17-7-5-13-27-23(17)24(19)29/h3-14,22,29H,1-2H3,(H,28,30)/t22-/m1/s1. The Morgan fingerprint density at radius 2 is 1.75 bits per heavy atom. The Morgan fingerprint density at radius 1 is 1.00 bits per heavy atom. The molecule has 0 aliphatic rings. The van der Waals surface area contributed by atoms with E-state index in [0.29, 0.717) is 44.1 Å². The average molecular weight is 449 g/mol. The van der Waals surface area contributed by atoms with Crippen molar-refractivity contribution < 1.29 is 19.4 Å². The number of pyridine rings is 1. The van der Waals surface area contributed by atoms with Crippen LogP contribution in [0.3, 0.4) is 0 Å². The number of nitrogens with one attached hydrogen (secondary N) is 1. The molecule has 0 radical (unpaired) electrons. The van der Waals surface area contributed by atoms with Gasteiger partial charge < -0.3 is 19.9 Å². The van der Waals surface area contributed by atoms with Crippen molar-refractivity contribution in [2.24, 2.45) is 0 Å². The van der Waals surface area contributed by atoms with Gasteiger partial charge in [-0.15, -0.1) is 0 Å². The van der Waals surface area contributed by atoms with E-state index < -0.39 is 6.04 Å². The lowest BCUT2D eigenvalue weighted by Crippen LogP contribution is -2.29. The summed E-state index contributed by atoms with van der Waals surface area (Å²) in [5.74, 6) is 0.813. The van der Waals surface area contributed by atoms with Crippen molar-refractivity contribution in [1.29, 1.82) is 0 Å². The molecule has 162 valence electrons. The minimum Gasteiger partial charge on any atom is -0.505 e. The average Bonchev–Trinajstić information content (AvgIpc) is 2.85. The number of carbonyl (C=O) groups excluding carboxylic acids is 1. The van der Waals surface area contributed by atoms with E-state index in [9.17, 15) is 9.90 Å². The Hall–Kier alpha value is -3.77. The first-order valence-corrected chi connectivity index (χ1v) is 10.2. The summed E-state index contributed by atoms with van der Waals surface area (Å²) in [6, 6.07) is 18.5. The minimum atomic E-state index is -0.746. The number of aromatic nitrogens is 1. The summed E-state index contributed by atoms with van der Waals surface area (Å²) >= 11 is 6.52. The number of ether oxygens (including phenoxy) is 2. The van der Waals surface area contributed by atoms with E-state index in [4.69, 9.17) is 21.1 Å². The summed E-state index contributed by atoms with van der Waals surface area (Å²) in [7, 11) is 3.11. The minimum absolute atomic E-state index is 0.0593. The number of amides is 1. The van der Waals surface area contributed by atoms with Gasteiger partial charge >= 0.3 is 0 Å². The lowest BCUT2D eigenvalue weighted by molar-refractivity contribution is 0.0942. The molecule has 3 aromatic carbocycles. The van der Waals surface area contributed by atoms with Crippen molar-refractivity contribution >= 4 is 28.4 Å². The van der Waals surface area contributed by atoms with Gasteiger partial charge in [0, 0.05) is 28.3 Å². The number of benzene rings is 3. The van der Waals surface area contributed by atoms with Crippen LogP contribution in [0.5, 0.6) is 17.2 Å². The molecule has 6 nitrogen and oxygen atoms in total. The molecule has 0 bridgehead atoms. The van der Waals surface area contributed by atoms with Crippen molar-refractivity contribution in [2.75, 3.05) is 14.2 Å². The molecule has 4 aromatic rings. The van der Waals surface area contributed by atoms with E-state index in [1.807, 2.05) is 18.2 Å². The predicted molar refractivity (Wildman–Crippen MR) is 124 cm³/mol. The summed E-state index contributed by atoms with van der Waals surface area (Å²) in [5.41, 5.74) is 1.87. The van der Waals surface area contributed by atoms with Crippen molar-refractivity contribution in [3.63, 3.8) is 0 Å². The Morgan fingerprint density at radius 3 is 2.47 bits per heavy atom. The van der Waals surface area contributed by atoms with Gasteiger partial charge in [0.05, 0.1) is 25.3 Å². The fraction of sp³-hybridized carbons (Fsp3) is 0.120. The first-order valence-electron chi connectivity index (χ1n) is 9.87. The maximum absolute atomic E-state index is 13.1. The Labute approximate surface area is 190 Å². The molecule has 0 saturated carbocycles. The van der Waals surface area contributed by atoms with Gasteiger partial charge in [-0.1, -0.05) is 29.8 Å². The van der Waals surface area contributed by atoms with Gasteiger partial charge in [-0.25, -0.2) is 0 Å². The largest absolute Gasteiger partial charge is 0.505 e. The van der Waals surface area contributed by atoms with Gasteiger partial charge in [-0.2, -0.15) is 0 Å². The Balaban J connectivity index is 1.84. The van der Waals surface area contributed by atoms with Crippen LogP contribution in [0.4, 0.5) is 0 Å². The first-order chi connectivity index (χ1) is 15.5. The molecule has 1 aromatic heterocycles. The molecule has 0 spiro atoms. The molecular weight excluding hydrogens is 428 g/mol. The van der Waals surface area contributed by atoms with E-state index in [2.05, 4.69) is 10.3 Å². The predicted octanol–water partition coefficient (Wildman–Crippen LogP) is 5.13.